The molecule has 0 fully saturated rings. The molecule has 1 N–H and O–H groups in total. The molecular formula is C27H25ClN4O3. The van der Waals surface area contributed by atoms with Crippen LogP contribution in [0, 0.1) is 6.92 Å². The Kier molecular flexibility index (Phi) is 5.94. The van der Waals surface area contributed by atoms with Crippen LogP contribution in [-0.4, -0.2) is 32.0 Å². The van der Waals surface area contributed by atoms with E-state index >= 15 is 0 Å². The summed E-state index contributed by atoms with van der Waals surface area (Å²) < 4.78 is 7.06. The first-order valence-corrected chi connectivity index (χ1v) is 11.7. The summed E-state index contributed by atoms with van der Waals surface area (Å²) >= 11 is 6.42. The van der Waals surface area contributed by atoms with Gasteiger partial charge in [-0.3, -0.25) is 14.3 Å². The number of hydrogen-bond acceptors (Lipinski definition) is 4. The van der Waals surface area contributed by atoms with Crippen LogP contribution in [0.4, 0.5) is 0 Å². The molecule has 4 aromatic rings. The Morgan fingerprint density at radius 2 is 1.91 bits per heavy atom. The zero-order chi connectivity index (χ0) is 24.6. The van der Waals surface area contributed by atoms with Crippen LogP contribution in [0.15, 0.2) is 77.4 Å². The average Bonchev–Trinajstić information content (AvgIpc) is 3.52. The maximum Gasteiger partial charge on any atom is 0.273 e. The molecule has 8 heteroatoms. The van der Waals surface area contributed by atoms with Gasteiger partial charge in [0.05, 0.1) is 12.8 Å². The van der Waals surface area contributed by atoms with Gasteiger partial charge in [-0.25, -0.2) is 0 Å². The van der Waals surface area contributed by atoms with Gasteiger partial charge in [0, 0.05) is 24.2 Å². The summed E-state index contributed by atoms with van der Waals surface area (Å²) in [6.07, 6.45) is 1.56. The summed E-state index contributed by atoms with van der Waals surface area (Å²) in [5.74, 6) is -0.00322. The van der Waals surface area contributed by atoms with Crippen molar-refractivity contribution in [2.24, 2.45) is 0 Å². The molecule has 0 aliphatic carbocycles. The third-order valence-corrected chi connectivity index (χ3v) is 6.79. The molecule has 7 nitrogen and oxygen atoms in total. The van der Waals surface area contributed by atoms with Gasteiger partial charge in [0.1, 0.15) is 16.9 Å². The number of nitrogens with zero attached hydrogens (tertiary/aromatic N) is 3. The van der Waals surface area contributed by atoms with Crippen molar-refractivity contribution < 1.29 is 14.0 Å². The van der Waals surface area contributed by atoms with Gasteiger partial charge < -0.3 is 14.6 Å². The van der Waals surface area contributed by atoms with Crippen molar-refractivity contribution in [2.75, 3.05) is 0 Å². The minimum absolute atomic E-state index is 0.189. The highest BCUT2D eigenvalue weighted by Gasteiger charge is 2.48. The molecule has 2 aromatic carbocycles. The average molecular weight is 489 g/mol. The first kappa shape index (κ1) is 22.9. The van der Waals surface area contributed by atoms with E-state index in [2.05, 4.69) is 10.4 Å². The van der Waals surface area contributed by atoms with E-state index in [1.807, 2.05) is 49.4 Å². The topological polar surface area (TPSA) is 80.4 Å². The van der Waals surface area contributed by atoms with E-state index < -0.39 is 5.54 Å². The molecule has 2 aromatic heterocycles. The number of halogens is 1. The van der Waals surface area contributed by atoms with Crippen molar-refractivity contribution in [2.45, 2.75) is 39.0 Å². The molecule has 5 rings (SSSR count). The van der Waals surface area contributed by atoms with Crippen LogP contribution < -0.4 is 5.32 Å². The lowest BCUT2D eigenvalue weighted by molar-refractivity contribution is -0.133. The Hall–Kier alpha value is -3.84. The Balaban J connectivity index is 1.49. The standard InChI is InChI=1S/C27H25ClN4O3/c1-18-9-11-19(12-10-18)15-29-26(34)27(2)17-32-23(14-22(30-32)24-8-5-13-35-24)25(33)31(27)16-20-6-3-4-7-21(20)28/h3-14H,15-17H2,1-2H3,(H,29,34). The fraction of sp³-hybridized carbons (Fsp3) is 0.222. The molecule has 0 spiro atoms. The highest BCUT2D eigenvalue weighted by Crippen LogP contribution is 2.32. The largest absolute Gasteiger partial charge is 0.463 e. The minimum Gasteiger partial charge on any atom is -0.463 e. The van der Waals surface area contributed by atoms with Gasteiger partial charge in [0.2, 0.25) is 5.91 Å². The van der Waals surface area contributed by atoms with Crippen molar-refractivity contribution >= 4 is 23.4 Å². The van der Waals surface area contributed by atoms with E-state index in [1.54, 1.807) is 47.0 Å². The van der Waals surface area contributed by atoms with E-state index in [-0.39, 0.29) is 24.9 Å². The number of aromatic nitrogens is 2. The minimum atomic E-state index is -1.19. The molecule has 2 amide bonds. The second-order valence-corrected chi connectivity index (χ2v) is 9.38. The molecular weight excluding hydrogens is 464 g/mol. The molecule has 3 heterocycles. The predicted molar refractivity (Wildman–Crippen MR) is 133 cm³/mol. The van der Waals surface area contributed by atoms with E-state index in [9.17, 15) is 9.59 Å². The zero-order valence-corrected chi connectivity index (χ0v) is 20.2. The summed E-state index contributed by atoms with van der Waals surface area (Å²) in [6, 6.07) is 20.6. The number of aryl methyl sites for hydroxylation is 1. The molecule has 1 aliphatic rings. The maximum absolute atomic E-state index is 13.8. The second kappa shape index (κ2) is 9.07. The van der Waals surface area contributed by atoms with Crippen LogP contribution >= 0.6 is 11.6 Å². The van der Waals surface area contributed by atoms with Crippen molar-refractivity contribution in [1.29, 1.82) is 0 Å². The number of benzene rings is 2. The molecule has 35 heavy (non-hydrogen) atoms. The summed E-state index contributed by atoms with van der Waals surface area (Å²) in [5.41, 5.74) is 2.63. The number of carbonyl (C=O) groups excluding carboxylic acids is 2. The normalized spacial score (nSPS) is 17.3. The summed E-state index contributed by atoms with van der Waals surface area (Å²) in [6.45, 7) is 4.52. The lowest BCUT2D eigenvalue weighted by Gasteiger charge is -2.43. The zero-order valence-electron chi connectivity index (χ0n) is 19.5. The lowest BCUT2D eigenvalue weighted by atomic mass is 9.94. The van der Waals surface area contributed by atoms with Gasteiger partial charge in [-0.05, 0) is 43.2 Å². The van der Waals surface area contributed by atoms with Crippen molar-refractivity contribution in [1.82, 2.24) is 20.0 Å². The number of nitrogens with one attached hydrogen (secondary N) is 1. The van der Waals surface area contributed by atoms with E-state index in [0.717, 1.165) is 16.7 Å². The first-order chi connectivity index (χ1) is 16.8. The molecule has 0 bridgehead atoms. The van der Waals surface area contributed by atoms with Crippen LogP contribution in [0.5, 0.6) is 0 Å². The molecule has 1 atom stereocenters. The van der Waals surface area contributed by atoms with Crippen molar-refractivity contribution in [3.05, 3.63) is 100 Å². The Morgan fingerprint density at radius 1 is 1.14 bits per heavy atom. The van der Waals surface area contributed by atoms with E-state index in [0.29, 0.717) is 28.7 Å². The SMILES string of the molecule is Cc1ccc(CNC(=O)C2(C)Cn3nc(-c4ccco4)cc3C(=O)N2Cc2ccccc2Cl)cc1. The number of furan rings is 1. The van der Waals surface area contributed by atoms with Crippen LogP contribution in [0.25, 0.3) is 11.5 Å². The van der Waals surface area contributed by atoms with Gasteiger partial charge in [-0.1, -0.05) is 59.6 Å². The molecule has 178 valence electrons. The maximum atomic E-state index is 13.8. The number of fused-ring (bicyclic) bond motifs is 1. The highest BCUT2D eigenvalue weighted by atomic mass is 35.5. The molecule has 1 unspecified atom stereocenters. The third-order valence-electron chi connectivity index (χ3n) is 6.42. The smallest absolute Gasteiger partial charge is 0.273 e. The van der Waals surface area contributed by atoms with Crippen LogP contribution in [0.3, 0.4) is 0 Å². The Morgan fingerprint density at radius 3 is 2.63 bits per heavy atom. The highest BCUT2D eigenvalue weighted by molar-refractivity contribution is 6.31. The summed E-state index contributed by atoms with van der Waals surface area (Å²) in [4.78, 5) is 29.0. The number of rotatable bonds is 6. The lowest BCUT2D eigenvalue weighted by Crippen LogP contribution is -2.63. The number of amides is 2. The van der Waals surface area contributed by atoms with Gasteiger partial charge in [0.15, 0.2) is 5.76 Å². The first-order valence-electron chi connectivity index (χ1n) is 11.4. The predicted octanol–water partition coefficient (Wildman–Crippen LogP) is 4.84. The van der Waals surface area contributed by atoms with Gasteiger partial charge >= 0.3 is 0 Å². The summed E-state index contributed by atoms with van der Waals surface area (Å²) in [5, 5.41) is 8.14. The van der Waals surface area contributed by atoms with Gasteiger partial charge in [0.25, 0.3) is 5.91 Å². The van der Waals surface area contributed by atoms with Crippen LogP contribution in [0.1, 0.15) is 34.1 Å². The fourth-order valence-corrected chi connectivity index (χ4v) is 4.51. The van der Waals surface area contributed by atoms with Crippen molar-refractivity contribution in [3.8, 4) is 11.5 Å². The fourth-order valence-electron chi connectivity index (χ4n) is 4.31. The van der Waals surface area contributed by atoms with E-state index in [1.165, 1.54) is 0 Å². The molecule has 0 radical (unpaired) electrons. The van der Waals surface area contributed by atoms with Gasteiger partial charge in [-0.15, -0.1) is 0 Å². The second-order valence-electron chi connectivity index (χ2n) is 8.97. The van der Waals surface area contributed by atoms with Crippen LogP contribution in [-0.2, 0) is 24.4 Å². The number of carbonyl (C=O) groups is 2. The quantitative estimate of drug-likeness (QED) is 0.421. The van der Waals surface area contributed by atoms with Crippen LogP contribution in [0.2, 0.25) is 5.02 Å². The third kappa shape index (κ3) is 4.35. The number of hydrogen-bond donors (Lipinski definition) is 1. The Labute approximate surface area is 208 Å². The Bertz CT molecular complexity index is 1380. The van der Waals surface area contributed by atoms with E-state index in [4.69, 9.17) is 16.0 Å². The molecule has 0 saturated heterocycles. The van der Waals surface area contributed by atoms with Crippen molar-refractivity contribution in [3.63, 3.8) is 0 Å². The molecule has 1 aliphatic heterocycles. The summed E-state index contributed by atoms with van der Waals surface area (Å²) in [7, 11) is 0. The molecule has 0 saturated carbocycles. The monoisotopic (exact) mass is 488 g/mol. The van der Waals surface area contributed by atoms with Gasteiger partial charge in [-0.2, -0.15) is 5.10 Å².